The van der Waals surface area contributed by atoms with Crippen molar-refractivity contribution in [3.8, 4) is 11.3 Å². The van der Waals surface area contributed by atoms with E-state index < -0.39 is 0 Å². The van der Waals surface area contributed by atoms with Crippen LogP contribution >= 0.6 is 23.2 Å². The van der Waals surface area contributed by atoms with Crippen LogP contribution in [-0.4, -0.2) is 17.0 Å². The van der Waals surface area contributed by atoms with Crippen LogP contribution in [0.1, 0.15) is 55.8 Å². The van der Waals surface area contributed by atoms with E-state index in [1.165, 1.54) is 0 Å². The van der Waals surface area contributed by atoms with Crippen LogP contribution in [0.4, 0.5) is 0 Å². The molecule has 0 radical (unpaired) electrons. The van der Waals surface area contributed by atoms with Crippen LogP contribution in [0, 0.1) is 11.8 Å². The normalized spacial score (nSPS) is 27.3. The van der Waals surface area contributed by atoms with Crippen LogP contribution in [0.15, 0.2) is 22.7 Å². The summed E-state index contributed by atoms with van der Waals surface area (Å²) >= 11 is 12.8. The lowest BCUT2D eigenvalue weighted by Crippen LogP contribution is -2.33. The molecule has 3 fully saturated rings. The van der Waals surface area contributed by atoms with E-state index in [1.807, 2.05) is 18.2 Å². The van der Waals surface area contributed by atoms with Gasteiger partial charge >= 0.3 is 0 Å². The first-order valence-electron chi connectivity index (χ1n) is 9.68. The number of fused-ring (bicyclic) bond motifs is 2. The van der Waals surface area contributed by atoms with Crippen LogP contribution in [0.5, 0.6) is 0 Å². The SMILES string of the molecule is O=C1C[C@H]2CC[C@@H](C1)C2OCc1c(-c2c(Cl)cccc2Cl)noc1C1CC1. The van der Waals surface area contributed by atoms with Crippen molar-refractivity contribution in [3.05, 3.63) is 39.6 Å². The second-order valence-corrected chi connectivity index (χ2v) is 8.88. The molecule has 6 heteroatoms. The van der Waals surface area contributed by atoms with Crippen molar-refractivity contribution in [3.63, 3.8) is 0 Å². The average Bonchev–Trinajstić information content (AvgIpc) is 3.34. The van der Waals surface area contributed by atoms with Gasteiger partial charge in [0.25, 0.3) is 0 Å². The van der Waals surface area contributed by atoms with Gasteiger partial charge < -0.3 is 9.26 Å². The highest BCUT2D eigenvalue weighted by Crippen LogP contribution is 2.47. The molecule has 4 nitrogen and oxygen atoms in total. The lowest BCUT2D eigenvalue weighted by atomic mass is 9.85. The van der Waals surface area contributed by atoms with Gasteiger partial charge in [-0.25, -0.2) is 0 Å². The summed E-state index contributed by atoms with van der Waals surface area (Å²) in [6, 6.07) is 5.45. The molecule has 1 aromatic carbocycles. The summed E-state index contributed by atoms with van der Waals surface area (Å²) in [6.07, 6.45) is 5.86. The van der Waals surface area contributed by atoms with E-state index in [4.69, 9.17) is 32.5 Å². The monoisotopic (exact) mass is 405 g/mol. The number of halogens is 2. The Labute approximate surface area is 168 Å². The van der Waals surface area contributed by atoms with Crippen molar-refractivity contribution in [1.82, 2.24) is 5.16 Å². The molecule has 2 aromatic rings. The Balaban J connectivity index is 1.45. The lowest BCUT2D eigenvalue weighted by molar-refractivity contribution is -0.127. The zero-order valence-corrected chi connectivity index (χ0v) is 16.4. The van der Waals surface area contributed by atoms with Crippen molar-refractivity contribution in [2.75, 3.05) is 0 Å². The van der Waals surface area contributed by atoms with Crippen LogP contribution in [0.25, 0.3) is 11.3 Å². The molecule has 3 saturated carbocycles. The standard InChI is InChI=1S/C21H21Cl2NO3/c22-16-2-1-3-17(23)18(16)19-15(21(27-24-19)11-4-5-11)10-26-20-12-6-7-13(20)9-14(25)8-12/h1-3,11-13,20H,4-10H2/t12-,13+,20?. The van der Waals surface area contributed by atoms with E-state index in [0.717, 1.165) is 37.0 Å². The van der Waals surface area contributed by atoms with E-state index >= 15 is 0 Å². The molecular weight excluding hydrogens is 385 g/mol. The summed E-state index contributed by atoms with van der Waals surface area (Å²) in [5.41, 5.74) is 2.35. The van der Waals surface area contributed by atoms with Gasteiger partial charge in [0.2, 0.25) is 0 Å². The minimum absolute atomic E-state index is 0.152. The Hall–Kier alpha value is -1.36. The molecule has 1 heterocycles. The molecular formula is C21H21Cl2NO3. The molecule has 1 unspecified atom stereocenters. The van der Waals surface area contributed by atoms with Crippen LogP contribution < -0.4 is 0 Å². The lowest BCUT2D eigenvalue weighted by Gasteiger charge is -2.29. The maximum absolute atomic E-state index is 11.9. The molecule has 3 aliphatic carbocycles. The number of hydrogen-bond donors (Lipinski definition) is 0. The molecule has 3 atom stereocenters. The van der Waals surface area contributed by atoms with Gasteiger partial charge in [-0.05, 0) is 49.7 Å². The fourth-order valence-electron chi connectivity index (χ4n) is 4.75. The van der Waals surface area contributed by atoms with Gasteiger partial charge in [-0.3, -0.25) is 4.79 Å². The summed E-state index contributed by atoms with van der Waals surface area (Å²) in [6.45, 7) is 0.429. The topological polar surface area (TPSA) is 52.3 Å². The largest absolute Gasteiger partial charge is 0.373 e. The Morgan fingerprint density at radius 3 is 2.37 bits per heavy atom. The Morgan fingerprint density at radius 2 is 1.74 bits per heavy atom. The summed E-state index contributed by atoms with van der Waals surface area (Å²) < 4.78 is 12.1. The highest BCUT2D eigenvalue weighted by molar-refractivity contribution is 6.39. The van der Waals surface area contributed by atoms with Crippen LogP contribution in [-0.2, 0) is 16.1 Å². The van der Waals surface area contributed by atoms with Crippen LogP contribution in [0.3, 0.4) is 0 Å². The fourth-order valence-corrected chi connectivity index (χ4v) is 5.32. The zero-order valence-electron chi connectivity index (χ0n) is 14.9. The van der Waals surface area contributed by atoms with E-state index in [2.05, 4.69) is 5.16 Å². The number of carbonyl (C=O) groups excluding carboxylic acids is 1. The molecule has 0 aliphatic heterocycles. The third kappa shape index (κ3) is 3.22. The third-order valence-electron chi connectivity index (χ3n) is 6.20. The molecule has 3 aliphatic rings. The molecule has 27 heavy (non-hydrogen) atoms. The summed E-state index contributed by atoms with van der Waals surface area (Å²) in [7, 11) is 0. The number of ketones is 1. The molecule has 0 amide bonds. The Morgan fingerprint density at radius 1 is 1.07 bits per heavy atom. The number of rotatable bonds is 5. The quantitative estimate of drug-likeness (QED) is 0.630. The van der Waals surface area contributed by atoms with Gasteiger partial charge in [-0.15, -0.1) is 0 Å². The maximum atomic E-state index is 11.9. The summed E-state index contributed by atoms with van der Waals surface area (Å²) in [5.74, 6) is 2.41. The minimum Gasteiger partial charge on any atom is -0.373 e. The first-order chi connectivity index (χ1) is 13.1. The molecule has 142 valence electrons. The highest BCUT2D eigenvalue weighted by Gasteiger charge is 2.43. The van der Waals surface area contributed by atoms with Gasteiger partial charge in [-0.1, -0.05) is 34.4 Å². The van der Waals surface area contributed by atoms with Crippen molar-refractivity contribution >= 4 is 29.0 Å². The molecule has 5 rings (SSSR count). The Bertz CT molecular complexity index is 853. The smallest absolute Gasteiger partial charge is 0.145 e. The van der Waals surface area contributed by atoms with Crippen molar-refractivity contribution in [1.29, 1.82) is 0 Å². The van der Waals surface area contributed by atoms with Gasteiger partial charge in [0.15, 0.2) is 0 Å². The van der Waals surface area contributed by atoms with E-state index in [-0.39, 0.29) is 6.10 Å². The second-order valence-electron chi connectivity index (χ2n) is 8.06. The van der Waals surface area contributed by atoms with Gasteiger partial charge in [0.1, 0.15) is 17.2 Å². The Kier molecular flexibility index (Phi) is 4.53. The maximum Gasteiger partial charge on any atom is 0.145 e. The van der Waals surface area contributed by atoms with E-state index in [0.29, 0.717) is 64.3 Å². The molecule has 0 N–H and O–H groups in total. The van der Waals surface area contributed by atoms with Crippen molar-refractivity contribution < 1.29 is 14.1 Å². The molecule has 2 bridgehead atoms. The number of hydrogen-bond acceptors (Lipinski definition) is 4. The minimum atomic E-state index is 0.152. The number of ether oxygens (including phenoxy) is 1. The number of carbonyl (C=O) groups is 1. The summed E-state index contributed by atoms with van der Waals surface area (Å²) in [5, 5.41) is 5.44. The predicted octanol–water partition coefficient (Wildman–Crippen LogP) is 5.80. The zero-order chi connectivity index (χ0) is 18.5. The van der Waals surface area contributed by atoms with Gasteiger partial charge in [-0.2, -0.15) is 0 Å². The molecule has 0 spiro atoms. The third-order valence-corrected chi connectivity index (χ3v) is 6.83. The predicted molar refractivity (Wildman–Crippen MR) is 103 cm³/mol. The fraction of sp³-hybridized carbons (Fsp3) is 0.524. The first kappa shape index (κ1) is 17.7. The average molecular weight is 406 g/mol. The van der Waals surface area contributed by atoms with Gasteiger partial charge in [0, 0.05) is 29.9 Å². The van der Waals surface area contributed by atoms with Crippen LogP contribution in [0.2, 0.25) is 10.0 Å². The van der Waals surface area contributed by atoms with E-state index in [9.17, 15) is 4.79 Å². The van der Waals surface area contributed by atoms with Crippen molar-refractivity contribution in [2.45, 2.75) is 57.2 Å². The molecule has 0 saturated heterocycles. The summed E-state index contributed by atoms with van der Waals surface area (Å²) in [4.78, 5) is 11.9. The van der Waals surface area contributed by atoms with Crippen molar-refractivity contribution in [2.24, 2.45) is 11.8 Å². The van der Waals surface area contributed by atoms with E-state index in [1.54, 1.807) is 0 Å². The number of benzene rings is 1. The number of nitrogens with zero attached hydrogens (tertiary/aromatic N) is 1. The first-order valence-corrected chi connectivity index (χ1v) is 10.4. The van der Waals surface area contributed by atoms with Gasteiger partial charge in [0.05, 0.1) is 22.8 Å². The second kappa shape index (κ2) is 6.91. The molecule has 1 aromatic heterocycles. The number of aromatic nitrogens is 1. The number of Topliss-reactive ketones (excluding diaryl/α,β-unsaturated/α-hetero) is 1. The highest BCUT2D eigenvalue weighted by atomic mass is 35.5.